The molecule has 186 valence electrons. The number of ether oxygens (including phenoxy) is 4. The molecule has 4 rings (SSSR count). The minimum atomic E-state index is -0.545. The fraction of sp³-hybridized carbons (Fsp3) is 0.214. The van der Waals surface area contributed by atoms with Crippen LogP contribution in [0.2, 0.25) is 0 Å². The van der Waals surface area contributed by atoms with Crippen molar-refractivity contribution in [1.29, 1.82) is 0 Å². The zero-order valence-electron chi connectivity index (χ0n) is 20.5. The molecular formula is C28H28N2O6. The van der Waals surface area contributed by atoms with E-state index in [9.17, 15) is 4.79 Å². The topological polar surface area (TPSA) is 83.3 Å². The molecule has 0 radical (unpaired) electrons. The van der Waals surface area contributed by atoms with Crippen LogP contribution in [0.15, 0.2) is 83.0 Å². The number of aromatic nitrogens is 1. The zero-order chi connectivity index (χ0) is 25.3. The lowest BCUT2D eigenvalue weighted by molar-refractivity contribution is -0.140. The molecule has 0 aliphatic carbocycles. The second kappa shape index (κ2) is 11.8. The maximum atomic E-state index is 12.4. The third-order valence-electron chi connectivity index (χ3n) is 5.25. The molecule has 0 spiro atoms. The first-order chi connectivity index (χ1) is 17.6. The van der Waals surface area contributed by atoms with Crippen molar-refractivity contribution in [2.24, 2.45) is 0 Å². The van der Waals surface area contributed by atoms with E-state index in [4.69, 9.17) is 23.4 Å². The van der Waals surface area contributed by atoms with Crippen molar-refractivity contribution in [1.82, 2.24) is 4.98 Å². The Bertz CT molecular complexity index is 1280. The lowest BCUT2D eigenvalue weighted by atomic mass is 10.2. The monoisotopic (exact) mass is 488 g/mol. The van der Waals surface area contributed by atoms with Crippen molar-refractivity contribution >= 4 is 29.2 Å². The Balaban J connectivity index is 1.36. The highest BCUT2D eigenvalue weighted by Gasteiger charge is 2.14. The van der Waals surface area contributed by atoms with E-state index >= 15 is 0 Å². The molecular weight excluding hydrogens is 460 g/mol. The Morgan fingerprint density at radius 1 is 0.972 bits per heavy atom. The van der Waals surface area contributed by atoms with Crippen LogP contribution >= 0.6 is 0 Å². The summed E-state index contributed by atoms with van der Waals surface area (Å²) in [5, 5.41) is 0. The SMILES string of the molecule is CCOC(=O)C(=Cc1ccc(OCCN(C)c2nc3ccccc3o2)cc1)Oc1ccc(OC)cc1. The molecule has 0 fully saturated rings. The molecule has 4 aromatic rings. The summed E-state index contributed by atoms with van der Waals surface area (Å²) in [6.07, 6.45) is 1.63. The number of hydrogen-bond acceptors (Lipinski definition) is 8. The number of likely N-dealkylation sites (N-methyl/N-ethyl adjacent to an activating group) is 1. The molecule has 0 saturated carbocycles. The highest BCUT2D eigenvalue weighted by molar-refractivity contribution is 5.92. The van der Waals surface area contributed by atoms with Crippen molar-refractivity contribution in [3.05, 3.63) is 84.1 Å². The highest BCUT2D eigenvalue weighted by Crippen LogP contribution is 2.23. The van der Waals surface area contributed by atoms with Gasteiger partial charge in [-0.25, -0.2) is 4.79 Å². The largest absolute Gasteiger partial charge is 0.497 e. The van der Waals surface area contributed by atoms with E-state index in [0.29, 0.717) is 36.4 Å². The van der Waals surface area contributed by atoms with Crippen LogP contribution in [0.25, 0.3) is 17.2 Å². The molecule has 8 nitrogen and oxygen atoms in total. The molecule has 0 unspecified atom stereocenters. The van der Waals surface area contributed by atoms with E-state index in [0.717, 1.165) is 16.7 Å². The van der Waals surface area contributed by atoms with Gasteiger partial charge in [-0.1, -0.05) is 24.3 Å². The lowest BCUT2D eigenvalue weighted by Crippen LogP contribution is -2.23. The van der Waals surface area contributed by atoms with Gasteiger partial charge in [0.15, 0.2) is 5.58 Å². The van der Waals surface area contributed by atoms with E-state index in [2.05, 4.69) is 4.98 Å². The van der Waals surface area contributed by atoms with Crippen molar-refractivity contribution < 1.29 is 28.2 Å². The van der Waals surface area contributed by atoms with Crippen molar-refractivity contribution in [2.75, 3.05) is 38.8 Å². The van der Waals surface area contributed by atoms with Gasteiger partial charge in [0.25, 0.3) is 6.01 Å². The van der Waals surface area contributed by atoms with Crippen LogP contribution in [0.3, 0.4) is 0 Å². The summed E-state index contributed by atoms with van der Waals surface area (Å²) in [4.78, 5) is 18.8. The number of rotatable bonds is 11. The first-order valence-corrected chi connectivity index (χ1v) is 11.6. The van der Waals surface area contributed by atoms with Crippen molar-refractivity contribution in [2.45, 2.75) is 6.92 Å². The fourth-order valence-corrected chi connectivity index (χ4v) is 3.33. The summed E-state index contributed by atoms with van der Waals surface area (Å²) in [6, 6.07) is 22.5. The molecule has 0 N–H and O–H groups in total. The number of nitrogens with zero attached hydrogens (tertiary/aromatic N) is 2. The Hall–Kier alpha value is -4.46. The molecule has 0 bridgehead atoms. The van der Waals surface area contributed by atoms with E-state index in [1.165, 1.54) is 0 Å². The summed E-state index contributed by atoms with van der Waals surface area (Å²) in [6.45, 7) is 3.03. The smallest absolute Gasteiger partial charge is 0.374 e. The van der Waals surface area contributed by atoms with Crippen LogP contribution in [0.5, 0.6) is 17.2 Å². The molecule has 8 heteroatoms. The van der Waals surface area contributed by atoms with Crippen LogP contribution in [-0.2, 0) is 9.53 Å². The molecule has 36 heavy (non-hydrogen) atoms. The molecule has 1 aromatic heterocycles. The van der Waals surface area contributed by atoms with Crippen LogP contribution in [0.4, 0.5) is 6.01 Å². The lowest BCUT2D eigenvalue weighted by Gasteiger charge is -2.15. The van der Waals surface area contributed by atoms with Crippen LogP contribution in [0.1, 0.15) is 12.5 Å². The number of anilines is 1. The van der Waals surface area contributed by atoms with E-state index in [1.54, 1.807) is 44.4 Å². The first kappa shape index (κ1) is 24.7. The quantitative estimate of drug-likeness (QED) is 0.159. The van der Waals surface area contributed by atoms with Gasteiger partial charge in [0.1, 0.15) is 29.4 Å². The standard InChI is InChI=1S/C28H28N2O6/c1-4-33-27(31)26(35-23-15-13-21(32-3)14-16-23)19-20-9-11-22(12-10-20)34-18-17-30(2)28-29-24-7-5-6-8-25(24)36-28/h5-16,19H,4,17-18H2,1-3H3. The highest BCUT2D eigenvalue weighted by atomic mass is 16.6. The Morgan fingerprint density at radius 2 is 1.67 bits per heavy atom. The fourth-order valence-electron chi connectivity index (χ4n) is 3.33. The van der Waals surface area contributed by atoms with Gasteiger partial charge in [-0.3, -0.25) is 0 Å². The van der Waals surface area contributed by atoms with E-state index in [-0.39, 0.29) is 12.4 Å². The normalized spacial score (nSPS) is 11.2. The maximum Gasteiger partial charge on any atom is 0.374 e. The minimum Gasteiger partial charge on any atom is -0.497 e. The van der Waals surface area contributed by atoms with Gasteiger partial charge in [0, 0.05) is 7.05 Å². The number of hydrogen-bond donors (Lipinski definition) is 0. The van der Waals surface area contributed by atoms with Crippen LogP contribution in [0, 0.1) is 0 Å². The van der Waals surface area contributed by atoms with Gasteiger partial charge < -0.3 is 28.3 Å². The summed E-state index contributed by atoms with van der Waals surface area (Å²) < 4.78 is 27.7. The number of fused-ring (bicyclic) bond motifs is 1. The summed E-state index contributed by atoms with van der Waals surface area (Å²) in [5.41, 5.74) is 2.34. The molecule has 0 aliphatic rings. The van der Waals surface area contributed by atoms with Gasteiger partial charge in [0.2, 0.25) is 5.76 Å². The number of carbonyl (C=O) groups excluding carboxylic acids is 1. The first-order valence-electron chi connectivity index (χ1n) is 11.6. The predicted octanol–water partition coefficient (Wildman–Crippen LogP) is 5.33. The van der Waals surface area contributed by atoms with Crippen LogP contribution < -0.4 is 19.1 Å². The average Bonchev–Trinajstić information content (AvgIpc) is 3.34. The minimum absolute atomic E-state index is 0.0793. The van der Waals surface area contributed by atoms with Gasteiger partial charge >= 0.3 is 5.97 Å². The van der Waals surface area contributed by atoms with Crippen molar-refractivity contribution in [3.63, 3.8) is 0 Å². The maximum absolute atomic E-state index is 12.4. The summed E-state index contributed by atoms with van der Waals surface area (Å²) in [7, 11) is 3.49. The third-order valence-corrected chi connectivity index (χ3v) is 5.25. The number of carbonyl (C=O) groups is 1. The zero-order valence-corrected chi connectivity index (χ0v) is 20.5. The molecule has 0 saturated heterocycles. The van der Waals surface area contributed by atoms with E-state index < -0.39 is 5.97 Å². The number of esters is 1. The third kappa shape index (κ3) is 6.35. The molecule has 0 amide bonds. The average molecular weight is 489 g/mol. The Morgan fingerprint density at radius 3 is 2.36 bits per heavy atom. The van der Waals surface area contributed by atoms with Gasteiger partial charge in [-0.2, -0.15) is 4.98 Å². The molecule has 0 aliphatic heterocycles. The second-order valence-electron chi connectivity index (χ2n) is 7.81. The summed E-state index contributed by atoms with van der Waals surface area (Å²) >= 11 is 0. The number of benzene rings is 3. The second-order valence-corrected chi connectivity index (χ2v) is 7.81. The number of para-hydroxylation sites is 2. The Kier molecular flexibility index (Phi) is 8.08. The molecule has 3 aromatic carbocycles. The van der Waals surface area contributed by atoms with E-state index in [1.807, 2.05) is 60.5 Å². The molecule has 0 atom stereocenters. The Labute approximate surface area is 209 Å². The number of methoxy groups -OCH3 is 1. The van der Waals surface area contributed by atoms with Gasteiger partial charge in [-0.15, -0.1) is 0 Å². The predicted molar refractivity (Wildman–Crippen MR) is 137 cm³/mol. The van der Waals surface area contributed by atoms with Crippen LogP contribution in [-0.4, -0.2) is 44.9 Å². The van der Waals surface area contributed by atoms with Gasteiger partial charge in [-0.05, 0) is 67.1 Å². The number of oxazole rings is 1. The molecule has 1 heterocycles. The summed E-state index contributed by atoms with van der Waals surface area (Å²) in [5.74, 6) is 1.43. The van der Waals surface area contributed by atoms with Gasteiger partial charge in [0.05, 0.1) is 20.3 Å². The van der Waals surface area contributed by atoms with Crippen molar-refractivity contribution in [3.8, 4) is 17.2 Å².